The first-order chi connectivity index (χ1) is 7.36. The molecular weight excluding hydrogens is 184 g/mol. The molecular formula is C13H28N2. The van der Waals surface area contributed by atoms with Crippen LogP contribution in [0.15, 0.2) is 4.99 Å². The van der Waals surface area contributed by atoms with E-state index >= 15 is 0 Å². The second kappa shape index (κ2) is 8.75. The number of rotatable bonds is 0. The SMILES string of the molecule is CC.CC.CC1=NCC2CCCCC2N1. The summed E-state index contributed by atoms with van der Waals surface area (Å²) in [6, 6.07) is 0.751. The third-order valence-corrected chi connectivity index (χ3v) is 2.87. The molecule has 1 saturated carbocycles. The molecule has 1 N–H and O–H groups in total. The third-order valence-electron chi connectivity index (χ3n) is 2.87. The highest BCUT2D eigenvalue weighted by Crippen LogP contribution is 2.26. The molecule has 0 saturated heterocycles. The van der Waals surface area contributed by atoms with E-state index in [1.54, 1.807) is 0 Å². The number of nitrogens with one attached hydrogen (secondary N) is 1. The minimum Gasteiger partial charge on any atom is -0.371 e. The van der Waals surface area contributed by atoms with Crippen LogP contribution in [0.5, 0.6) is 0 Å². The van der Waals surface area contributed by atoms with Crippen LogP contribution in [0, 0.1) is 5.92 Å². The molecule has 2 aliphatic rings. The summed E-state index contributed by atoms with van der Waals surface area (Å²) in [6.45, 7) is 11.1. The lowest BCUT2D eigenvalue weighted by Crippen LogP contribution is -2.45. The van der Waals surface area contributed by atoms with Crippen LogP contribution in [0.1, 0.15) is 60.3 Å². The van der Waals surface area contributed by atoms with Crippen molar-refractivity contribution in [3.8, 4) is 0 Å². The second-order valence-corrected chi connectivity index (χ2v) is 3.72. The Morgan fingerprint density at radius 2 is 1.67 bits per heavy atom. The van der Waals surface area contributed by atoms with Crippen molar-refractivity contribution in [1.82, 2.24) is 5.32 Å². The molecule has 2 heteroatoms. The summed E-state index contributed by atoms with van der Waals surface area (Å²) in [5.74, 6) is 1.99. The molecule has 0 amide bonds. The molecule has 1 aliphatic heterocycles. The normalized spacial score (nSPS) is 27.9. The van der Waals surface area contributed by atoms with Gasteiger partial charge in [0.05, 0.1) is 5.84 Å². The molecule has 0 aromatic rings. The van der Waals surface area contributed by atoms with Crippen molar-refractivity contribution in [3.63, 3.8) is 0 Å². The molecule has 2 atom stereocenters. The highest BCUT2D eigenvalue weighted by Gasteiger charge is 2.27. The zero-order valence-electron chi connectivity index (χ0n) is 11.1. The predicted molar refractivity (Wildman–Crippen MR) is 69.6 cm³/mol. The lowest BCUT2D eigenvalue weighted by Gasteiger charge is -2.35. The van der Waals surface area contributed by atoms with Gasteiger partial charge in [0.25, 0.3) is 0 Å². The first-order valence-electron chi connectivity index (χ1n) is 6.64. The Bertz CT molecular complexity index is 175. The minimum atomic E-state index is 0.751. The number of nitrogens with zero attached hydrogens (tertiary/aromatic N) is 1. The van der Waals surface area contributed by atoms with Crippen LogP contribution < -0.4 is 5.32 Å². The molecule has 0 aromatic carbocycles. The number of hydrogen-bond acceptors (Lipinski definition) is 2. The monoisotopic (exact) mass is 212 g/mol. The van der Waals surface area contributed by atoms with Gasteiger partial charge in [-0.05, 0) is 25.7 Å². The van der Waals surface area contributed by atoms with Crippen molar-refractivity contribution >= 4 is 5.84 Å². The Labute approximate surface area is 95.6 Å². The minimum absolute atomic E-state index is 0.751. The van der Waals surface area contributed by atoms with Gasteiger partial charge >= 0.3 is 0 Å². The Hall–Kier alpha value is -0.530. The molecule has 15 heavy (non-hydrogen) atoms. The van der Waals surface area contributed by atoms with E-state index in [4.69, 9.17) is 0 Å². The molecule has 1 fully saturated rings. The quantitative estimate of drug-likeness (QED) is 0.651. The Morgan fingerprint density at radius 3 is 2.33 bits per heavy atom. The number of hydrogen-bond donors (Lipinski definition) is 1. The maximum Gasteiger partial charge on any atom is 0.0933 e. The van der Waals surface area contributed by atoms with E-state index in [1.165, 1.54) is 25.7 Å². The summed E-state index contributed by atoms with van der Waals surface area (Å²) >= 11 is 0. The van der Waals surface area contributed by atoms with Crippen LogP contribution in [0.25, 0.3) is 0 Å². The first-order valence-corrected chi connectivity index (χ1v) is 6.64. The van der Waals surface area contributed by atoms with Crippen molar-refractivity contribution in [2.45, 2.75) is 66.3 Å². The summed E-state index contributed by atoms with van der Waals surface area (Å²) in [7, 11) is 0. The summed E-state index contributed by atoms with van der Waals surface area (Å²) in [5.41, 5.74) is 0. The fraction of sp³-hybridized carbons (Fsp3) is 0.923. The van der Waals surface area contributed by atoms with Gasteiger partial charge in [-0.3, -0.25) is 4.99 Å². The molecule has 0 radical (unpaired) electrons. The van der Waals surface area contributed by atoms with Crippen molar-refractivity contribution in [2.24, 2.45) is 10.9 Å². The van der Waals surface area contributed by atoms with Crippen molar-refractivity contribution in [2.75, 3.05) is 6.54 Å². The van der Waals surface area contributed by atoms with Gasteiger partial charge in [-0.1, -0.05) is 40.5 Å². The summed E-state index contributed by atoms with van der Waals surface area (Å²) in [6.07, 6.45) is 5.56. The van der Waals surface area contributed by atoms with Crippen LogP contribution in [-0.2, 0) is 0 Å². The molecule has 0 bridgehead atoms. The van der Waals surface area contributed by atoms with E-state index in [2.05, 4.69) is 17.2 Å². The van der Waals surface area contributed by atoms with Gasteiger partial charge in [0.2, 0.25) is 0 Å². The largest absolute Gasteiger partial charge is 0.371 e. The van der Waals surface area contributed by atoms with Crippen molar-refractivity contribution < 1.29 is 0 Å². The van der Waals surface area contributed by atoms with Gasteiger partial charge in [-0.25, -0.2) is 0 Å². The smallest absolute Gasteiger partial charge is 0.0933 e. The van der Waals surface area contributed by atoms with Crippen molar-refractivity contribution in [1.29, 1.82) is 0 Å². The highest BCUT2D eigenvalue weighted by atomic mass is 15.1. The van der Waals surface area contributed by atoms with Crippen molar-refractivity contribution in [3.05, 3.63) is 0 Å². The Kier molecular flexibility index (Phi) is 8.44. The highest BCUT2D eigenvalue weighted by molar-refractivity contribution is 5.80. The van der Waals surface area contributed by atoms with Gasteiger partial charge in [-0.2, -0.15) is 0 Å². The van der Waals surface area contributed by atoms with Gasteiger partial charge in [0.1, 0.15) is 0 Å². The standard InChI is InChI=1S/C9H16N2.2C2H6/c1-7-10-6-8-4-2-3-5-9(8)11-7;2*1-2/h8-9H,2-6H2,1H3,(H,10,11);2*1-2H3. The summed E-state index contributed by atoms with van der Waals surface area (Å²) in [5, 5.41) is 3.47. The fourth-order valence-corrected chi connectivity index (χ4v) is 2.18. The lowest BCUT2D eigenvalue weighted by molar-refractivity contribution is 0.283. The predicted octanol–water partition coefficient (Wildman–Crippen LogP) is 3.62. The zero-order chi connectivity index (χ0) is 11.7. The van der Waals surface area contributed by atoms with Crippen LogP contribution in [-0.4, -0.2) is 18.4 Å². The average molecular weight is 212 g/mol. The maximum atomic E-state index is 4.42. The molecule has 2 nitrogen and oxygen atoms in total. The molecule has 90 valence electrons. The van der Waals surface area contributed by atoms with E-state index < -0.39 is 0 Å². The molecule has 1 heterocycles. The van der Waals surface area contributed by atoms with E-state index in [0.717, 1.165) is 24.3 Å². The summed E-state index contributed by atoms with van der Waals surface area (Å²) < 4.78 is 0. The Morgan fingerprint density at radius 1 is 1.07 bits per heavy atom. The third kappa shape index (κ3) is 4.67. The molecule has 2 rings (SSSR count). The molecule has 1 aliphatic carbocycles. The van der Waals surface area contributed by atoms with Gasteiger partial charge in [0.15, 0.2) is 0 Å². The van der Waals surface area contributed by atoms with Crippen LogP contribution >= 0.6 is 0 Å². The van der Waals surface area contributed by atoms with Gasteiger partial charge in [0, 0.05) is 12.6 Å². The zero-order valence-corrected chi connectivity index (χ0v) is 11.1. The molecule has 2 unspecified atom stereocenters. The molecule has 0 aromatic heterocycles. The summed E-state index contributed by atoms with van der Waals surface area (Å²) in [4.78, 5) is 4.42. The van der Waals surface area contributed by atoms with E-state index in [0.29, 0.717) is 0 Å². The number of fused-ring (bicyclic) bond motifs is 1. The van der Waals surface area contributed by atoms with Crippen LogP contribution in [0.3, 0.4) is 0 Å². The van der Waals surface area contributed by atoms with E-state index in [9.17, 15) is 0 Å². The number of aliphatic imine (C=N–C) groups is 1. The average Bonchev–Trinajstić information content (AvgIpc) is 2.34. The van der Waals surface area contributed by atoms with E-state index in [-0.39, 0.29) is 0 Å². The van der Waals surface area contributed by atoms with Crippen LogP contribution in [0.2, 0.25) is 0 Å². The topological polar surface area (TPSA) is 24.4 Å². The van der Waals surface area contributed by atoms with Gasteiger partial charge < -0.3 is 5.32 Å². The second-order valence-electron chi connectivity index (χ2n) is 3.72. The Balaban J connectivity index is 0.000000442. The van der Waals surface area contributed by atoms with Gasteiger partial charge in [-0.15, -0.1) is 0 Å². The maximum absolute atomic E-state index is 4.42. The van der Waals surface area contributed by atoms with E-state index in [1.807, 2.05) is 27.7 Å². The fourth-order valence-electron chi connectivity index (χ4n) is 2.18. The lowest BCUT2D eigenvalue weighted by atomic mass is 9.84. The first kappa shape index (κ1) is 14.5. The van der Waals surface area contributed by atoms with Crippen LogP contribution in [0.4, 0.5) is 0 Å². The molecule has 0 spiro atoms. The number of amidine groups is 1.